The van der Waals surface area contributed by atoms with Crippen molar-refractivity contribution in [2.24, 2.45) is 0 Å². The van der Waals surface area contributed by atoms with Crippen LogP contribution in [-0.4, -0.2) is 12.3 Å². The summed E-state index contributed by atoms with van der Waals surface area (Å²) in [7, 11) is 0. The van der Waals surface area contributed by atoms with Gasteiger partial charge in [0.15, 0.2) is 0 Å². The van der Waals surface area contributed by atoms with Crippen LogP contribution >= 0.6 is 0 Å². The van der Waals surface area contributed by atoms with Crippen LogP contribution in [-0.2, 0) is 27.1 Å². The van der Waals surface area contributed by atoms with Crippen molar-refractivity contribution in [3.8, 4) is 11.1 Å². The molecule has 2 unspecified atom stereocenters. The van der Waals surface area contributed by atoms with Gasteiger partial charge in [-0.2, -0.15) is 0 Å². The molecule has 8 aromatic carbocycles. The van der Waals surface area contributed by atoms with Crippen molar-refractivity contribution in [1.82, 2.24) is 0 Å². The number of hydrogen-bond acceptors (Lipinski definition) is 3. The van der Waals surface area contributed by atoms with Gasteiger partial charge in [0.1, 0.15) is 0 Å². The molecule has 3 heterocycles. The highest BCUT2D eigenvalue weighted by atomic mass is 15.3. The Hall–Kier alpha value is -6.78. The van der Waals surface area contributed by atoms with Gasteiger partial charge in [-0.15, -0.1) is 0 Å². The molecule has 0 bridgehead atoms. The van der Waals surface area contributed by atoms with Crippen LogP contribution in [0.1, 0.15) is 149 Å². The lowest BCUT2D eigenvalue weighted by atomic mass is 9.33. The molecule has 0 spiro atoms. The molecule has 2 atom stereocenters. The Kier molecular flexibility index (Phi) is 11.2. The van der Waals surface area contributed by atoms with Crippen LogP contribution in [0.4, 0.5) is 45.5 Å². The standard InChI is InChI=1S/C71H76BN3/c1-66(2,3)48-30-34-53(35-31-48)73-62-46-54(75-60-39-33-51(68(7,8)9)43-56(60)71(49-26-18-15-19-27-49)41-23-22-40-70(71,75)13)36-37-58(62)72-57-28-20-21-29-61(57)74(64-45-52(69(10,11)12)44-63(73)65(64)72)59-38-32-50(67(4,5)6)42-55(59)47-24-16-14-17-25-47/h14-21,24-39,42-46H,22-23,40-41H2,1-13H3. The molecule has 1 aliphatic carbocycles. The van der Waals surface area contributed by atoms with E-state index in [2.05, 4.69) is 281 Å². The third kappa shape index (κ3) is 7.66. The third-order valence-electron chi connectivity index (χ3n) is 18.0. The summed E-state index contributed by atoms with van der Waals surface area (Å²) in [6.07, 6.45) is 4.63. The molecule has 0 aromatic heterocycles. The van der Waals surface area contributed by atoms with Gasteiger partial charge in [0.2, 0.25) is 0 Å². The molecule has 4 heteroatoms. The summed E-state index contributed by atoms with van der Waals surface area (Å²) in [4.78, 5) is 8.07. The van der Waals surface area contributed by atoms with E-state index < -0.39 is 0 Å². The fourth-order valence-electron chi connectivity index (χ4n) is 13.8. The summed E-state index contributed by atoms with van der Waals surface area (Å²) in [6.45, 7) is 30.8. The Morgan fingerprint density at radius 1 is 0.400 bits per heavy atom. The Bertz CT molecular complexity index is 3510. The number of fused-ring (bicyclic) bond motifs is 7. The van der Waals surface area contributed by atoms with E-state index in [9.17, 15) is 0 Å². The molecule has 3 aliphatic heterocycles. The first-order valence-corrected chi connectivity index (χ1v) is 27.9. The number of rotatable bonds is 5. The molecule has 12 rings (SSSR count). The fourth-order valence-corrected chi connectivity index (χ4v) is 13.8. The lowest BCUT2D eigenvalue weighted by Crippen LogP contribution is -2.61. The first-order chi connectivity index (χ1) is 35.6. The van der Waals surface area contributed by atoms with Gasteiger partial charge in [0.25, 0.3) is 6.71 Å². The maximum Gasteiger partial charge on any atom is 0.252 e. The van der Waals surface area contributed by atoms with Crippen LogP contribution in [0.5, 0.6) is 0 Å². The smallest absolute Gasteiger partial charge is 0.252 e. The molecule has 1 fully saturated rings. The van der Waals surface area contributed by atoms with Crippen molar-refractivity contribution >= 4 is 68.6 Å². The molecule has 75 heavy (non-hydrogen) atoms. The van der Waals surface area contributed by atoms with Gasteiger partial charge in [0.05, 0.1) is 11.2 Å². The van der Waals surface area contributed by atoms with Crippen LogP contribution in [0.3, 0.4) is 0 Å². The lowest BCUT2D eigenvalue weighted by molar-refractivity contribution is 0.215. The SMILES string of the molecule is CC(C)(C)c1ccc(N2c3cc(N4c5ccc(C(C)(C)C)cc5C5(c6ccccc6)CCCCC45C)ccc3B3c4ccccc4N(c4ccc(C(C)(C)C)cc4-c4ccccc4)c4cc(C(C)(C)C)cc2c43)cc1. The predicted octanol–water partition coefficient (Wildman–Crippen LogP) is 17.4. The normalized spacial score (nSPS) is 19.1. The van der Waals surface area contributed by atoms with Crippen molar-refractivity contribution < 1.29 is 0 Å². The van der Waals surface area contributed by atoms with Crippen molar-refractivity contribution in [2.75, 3.05) is 14.7 Å². The molecule has 0 N–H and O–H groups in total. The highest BCUT2D eigenvalue weighted by Gasteiger charge is 2.61. The second-order valence-electron chi connectivity index (χ2n) is 26.8. The third-order valence-corrected chi connectivity index (χ3v) is 18.0. The molecule has 0 amide bonds. The summed E-state index contributed by atoms with van der Waals surface area (Å²) in [5.41, 5.74) is 24.2. The molecule has 8 aromatic rings. The maximum atomic E-state index is 2.80. The maximum absolute atomic E-state index is 2.80. The van der Waals surface area contributed by atoms with E-state index in [1.54, 1.807) is 0 Å². The van der Waals surface area contributed by atoms with Crippen LogP contribution in [0, 0.1) is 0 Å². The molecule has 0 saturated heterocycles. The Morgan fingerprint density at radius 2 is 0.933 bits per heavy atom. The molecule has 4 aliphatic rings. The molecule has 378 valence electrons. The summed E-state index contributed by atoms with van der Waals surface area (Å²) in [5.74, 6) is 0. The first-order valence-electron chi connectivity index (χ1n) is 27.9. The molecular weight excluding hydrogens is 906 g/mol. The summed E-state index contributed by atoms with van der Waals surface area (Å²) >= 11 is 0. The zero-order valence-electron chi connectivity index (χ0n) is 47.0. The number of nitrogens with zero attached hydrogens (tertiary/aromatic N) is 3. The Labute approximate surface area is 449 Å². The summed E-state index contributed by atoms with van der Waals surface area (Å²) < 4.78 is 0. The van der Waals surface area contributed by atoms with Gasteiger partial charge < -0.3 is 14.7 Å². The van der Waals surface area contributed by atoms with E-state index in [1.165, 1.54) is 119 Å². The zero-order valence-corrected chi connectivity index (χ0v) is 47.0. The van der Waals surface area contributed by atoms with E-state index in [4.69, 9.17) is 0 Å². The largest absolute Gasteiger partial charge is 0.334 e. The van der Waals surface area contributed by atoms with Crippen LogP contribution < -0.4 is 31.1 Å². The Balaban J connectivity index is 1.15. The summed E-state index contributed by atoms with van der Waals surface area (Å²) in [5, 5.41) is 0. The van der Waals surface area contributed by atoms with E-state index >= 15 is 0 Å². The predicted molar refractivity (Wildman–Crippen MR) is 323 cm³/mol. The van der Waals surface area contributed by atoms with Crippen molar-refractivity contribution in [3.05, 3.63) is 209 Å². The topological polar surface area (TPSA) is 9.72 Å². The number of benzene rings is 8. The van der Waals surface area contributed by atoms with Crippen LogP contribution in [0.25, 0.3) is 11.1 Å². The van der Waals surface area contributed by atoms with Crippen molar-refractivity contribution in [3.63, 3.8) is 0 Å². The minimum Gasteiger partial charge on any atom is -0.334 e. The van der Waals surface area contributed by atoms with Gasteiger partial charge in [0, 0.05) is 50.8 Å². The van der Waals surface area contributed by atoms with E-state index in [0.29, 0.717) is 0 Å². The Morgan fingerprint density at radius 3 is 1.59 bits per heavy atom. The average Bonchev–Trinajstić information content (AvgIpc) is 3.81. The van der Waals surface area contributed by atoms with E-state index in [0.717, 1.165) is 12.8 Å². The van der Waals surface area contributed by atoms with E-state index in [-0.39, 0.29) is 39.3 Å². The molecule has 1 saturated carbocycles. The highest BCUT2D eigenvalue weighted by Crippen LogP contribution is 2.64. The minimum atomic E-state index is -0.213. The van der Waals surface area contributed by atoms with Crippen molar-refractivity contribution in [2.45, 2.75) is 148 Å². The van der Waals surface area contributed by atoms with Crippen molar-refractivity contribution in [1.29, 1.82) is 0 Å². The first kappa shape index (κ1) is 49.1. The zero-order chi connectivity index (χ0) is 52.6. The number of anilines is 8. The lowest BCUT2D eigenvalue weighted by Gasteiger charge is -2.52. The van der Waals surface area contributed by atoms with Gasteiger partial charge in [-0.1, -0.05) is 211 Å². The van der Waals surface area contributed by atoms with Gasteiger partial charge in [-0.05, 0) is 157 Å². The molecule has 3 nitrogen and oxygen atoms in total. The van der Waals surface area contributed by atoms with Gasteiger partial charge in [-0.25, -0.2) is 0 Å². The summed E-state index contributed by atoms with van der Waals surface area (Å²) in [6, 6.07) is 68.8. The molecular formula is C71H76BN3. The molecule has 0 radical (unpaired) electrons. The van der Waals surface area contributed by atoms with Crippen LogP contribution in [0.2, 0.25) is 0 Å². The average molecular weight is 982 g/mol. The monoisotopic (exact) mass is 982 g/mol. The fraction of sp³-hybridized carbons (Fsp3) is 0.324. The van der Waals surface area contributed by atoms with Gasteiger partial charge >= 0.3 is 0 Å². The minimum absolute atomic E-state index is 0.00600. The highest BCUT2D eigenvalue weighted by molar-refractivity contribution is 7.00. The number of hydrogen-bond donors (Lipinski definition) is 0. The second kappa shape index (κ2) is 17.1. The second-order valence-corrected chi connectivity index (χ2v) is 26.8. The van der Waals surface area contributed by atoms with E-state index in [1.807, 2.05) is 0 Å². The number of para-hydroxylation sites is 1. The van der Waals surface area contributed by atoms with Crippen LogP contribution in [0.15, 0.2) is 176 Å². The van der Waals surface area contributed by atoms with Gasteiger partial charge in [-0.3, -0.25) is 0 Å². The quantitative estimate of drug-likeness (QED) is 0.159.